The van der Waals surface area contributed by atoms with Crippen LogP contribution in [0, 0.1) is 0 Å². The fraction of sp³-hybridized carbons (Fsp3) is 0.0800. The minimum atomic E-state index is -0.713. The smallest absolute Gasteiger partial charge is 0.297 e. The van der Waals surface area contributed by atoms with Gasteiger partial charge in [0.05, 0.1) is 34.3 Å². The molecule has 1 aliphatic heterocycles. The first-order valence-corrected chi connectivity index (χ1v) is 11.3. The van der Waals surface area contributed by atoms with Gasteiger partial charge in [-0.2, -0.15) is 0 Å². The SMILES string of the molecule is COc1ccc2nc(N3C(=O)c4oc5ccccc5c(=O)c4C3c3cccc(Cl)c3)sc2c1. The van der Waals surface area contributed by atoms with Crippen molar-refractivity contribution in [2.45, 2.75) is 6.04 Å². The molecule has 5 aromatic rings. The molecular formula is C25H15ClN2O4S. The maximum Gasteiger partial charge on any atom is 0.297 e. The highest BCUT2D eigenvalue weighted by atomic mass is 35.5. The van der Waals surface area contributed by atoms with Crippen LogP contribution in [-0.2, 0) is 0 Å². The van der Waals surface area contributed by atoms with Crippen molar-refractivity contribution in [3.05, 3.63) is 98.9 Å². The summed E-state index contributed by atoms with van der Waals surface area (Å²) >= 11 is 7.63. The van der Waals surface area contributed by atoms with Crippen molar-refractivity contribution in [3.63, 3.8) is 0 Å². The highest BCUT2D eigenvalue weighted by Gasteiger charge is 2.45. The van der Waals surface area contributed by atoms with Crippen molar-refractivity contribution in [3.8, 4) is 5.75 Å². The molecule has 1 atom stereocenters. The maximum atomic E-state index is 13.7. The predicted octanol–water partition coefficient (Wildman–Crippen LogP) is 5.81. The van der Waals surface area contributed by atoms with Crippen LogP contribution in [0.15, 0.2) is 75.9 Å². The average molecular weight is 475 g/mol. The largest absolute Gasteiger partial charge is 0.497 e. The standard InChI is InChI=1S/C25H15ClN2O4S/c1-31-15-9-10-17-19(12-15)33-25(27-17)28-21(13-5-4-6-14(26)11-13)20-22(29)16-7-2-3-8-18(16)32-23(20)24(28)30/h2-12,21H,1H3. The lowest BCUT2D eigenvalue weighted by Crippen LogP contribution is -2.29. The molecule has 0 saturated carbocycles. The van der Waals surface area contributed by atoms with Crippen LogP contribution in [0.2, 0.25) is 5.02 Å². The first kappa shape index (κ1) is 20.0. The van der Waals surface area contributed by atoms with Crippen molar-refractivity contribution >= 4 is 55.2 Å². The minimum absolute atomic E-state index is 0.0283. The fourth-order valence-electron chi connectivity index (χ4n) is 4.23. The number of thiazole rings is 1. The molecule has 3 aromatic carbocycles. The van der Waals surface area contributed by atoms with Gasteiger partial charge in [0.25, 0.3) is 5.91 Å². The molecule has 2 aromatic heterocycles. The number of benzene rings is 3. The number of halogens is 1. The van der Waals surface area contributed by atoms with E-state index in [1.165, 1.54) is 16.2 Å². The Morgan fingerprint density at radius 3 is 2.73 bits per heavy atom. The third-order valence-corrected chi connectivity index (χ3v) is 6.99. The Hall–Kier alpha value is -3.68. The van der Waals surface area contributed by atoms with E-state index in [0.717, 1.165) is 10.2 Å². The van der Waals surface area contributed by atoms with Gasteiger partial charge in [-0.05, 0) is 48.0 Å². The number of rotatable bonds is 3. The van der Waals surface area contributed by atoms with Crippen LogP contribution < -0.4 is 15.1 Å². The molecule has 3 heterocycles. The molecule has 0 radical (unpaired) electrons. The Balaban J connectivity index is 1.63. The van der Waals surface area contributed by atoms with E-state index >= 15 is 0 Å². The molecule has 0 bridgehead atoms. The van der Waals surface area contributed by atoms with Crippen LogP contribution in [0.25, 0.3) is 21.2 Å². The van der Waals surface area contributed by atoms with Gasteiger partial charge < -0.3 is 9.15 Å². The van der Waals surface area contributed by atoms with E-state index in [1.54, 1.807) is 49.6 Å². The molecule has 33 heavy (non-hydrogen) atoms. The van der Waals surface area contributed by atoms with E-state index in [1.807, 2.05) is 24.3 Å². The zero-order valence-corrected chi connectivity index (χ0v) is 18.8. The number of methoxy groups -OCH3 is 1. The Morgan fingerprint density at radius 2 is 1.91 bits per heavy atom. The topological polar surface area (TPSA) is 72.6 Å². The van der Waals surface area contributed by atoms with E-state index in [0.29, 0.717) is 32.4 Å². The fourth-order valence-corrected chi connectivity index (χ4v) is 5.45. The number of carbonyl (C=O) groups is 1. The molecular weight excluding hydrogens is 460 g/mol. The number of para-hydroxylation sites is 1. The number of amides is 1. The summed E-state index contributed by atoms with van der Waals surface area (Å²) in [6.07, 6.45) is 0. The van der Waals surface area contributed by atoms with Gasteiger partial charge >= 0.3 is 0 Å². The second-order valence-electron chi connectivity index (χ2n) is 7.63. The van der Waals surface area contributed by atoms with Gasteiger partial charge in [0, 0.05) is 5.02 Å². The van der Waals surface area contributed by atoms with Crippen molar-refractivity contribution in [1.29, 1.82) is 0 Å². The first-order chi connectivity index (χ1) is 16.0. The molecule has 0 saturated heterocycles. The van der Waals surface area contributed by atoms with Crippen molar-refractivity contribution in [2.75, 3.05) is 12.0 Å². The number of anilines is 1. The van der Waals surface area contributed by atoms with Gasteiger partial charge in [-0.3, -0.25) is 14.5 Å². The molecule has 1 amide bonds. The molecule has 6 nitrogen and oxygen atoms in total. The van der Waals surface area contributed by atoms with Crippen molar-refractivity contribution < 1.29 is 13.9 Å². The Bertz CT molecular complexity index is 1640. The normalized spacial score (nSPS) is 15.4. The number of aromatic nitrogens is 1. The Kier molecular flexibility index (Phi) is 4.50. The second kappa shape index (κ2) is 7.43. The lowest BCUT2D eigenvalue weighted by Gasteiger charge is -2.22. The number of nitrogens with zero attached hydrogens (tertiary/aromatic N) is 2. The second-order valence-corrected chi connectivity index (χ2v) is 9.08. The van der Waals surface area contributed by atoms with Gasteiger partial charge in [0.2, 0.25) is 5.76 Å². The molecule has 0 fully saturated rings. The predicted molar refractivity (Wildman–Crippen MR) is 129 cm³/mol. The molecule has 8 heteroatoms. The van der Waals surface area contributed by atoms with Crippen LogP contribution >= 0.6 is 22.9 Å². The Labute approximate surface area is 196 Å². The van der Waals surface area contributed by atoms with Gasteiger partial charge in [0.15, 0.2) is 10.6 Å². The molecule has 0 aliphatic carbocycles. The highest BCUT2D eigenvalue weighted by Crippen LogP contribution is 2.44. The summed E-state index contributed by atoms with van der Waals surface area (Å²) in [6, 6.07) is 18.9. The number of hydrogen-bond acceptors (Lipinski definition) is 6. The Morgan fingerprint density at radius 1 is 1.06 bits per heavy atom. The van der Waals surface area contributed by atoms with Crippen LogP contribution in [0.3, 0.4) is 0 Å². The summed E-state index contributed by atoms with van der Waals surface area (Å²) in [4.78, 5) is 33.4. The van der Waals surface area contributed by atoms with Gasteiger partial charge in [-0.25, -0.2) is 4.98 Å². The molecule has 1 unspecified atom stereocenters. The lowest BCUT2D eigenvalue weighted by atomic mass is 9.99. The number of carbonyl (C=O) groups excluding carboxylic acids is 1. The van der Waals surface area contributed by atoms with Crippen LogP contribution in [-0.4, -0.2) is 18.0 Å². The number of fused-ring (bicyclic) bond motifs is 3. The highest BCUT2D eigenvalue weighted by molar-refractivity contribution is 7.22. The van der Waals surface area contributed by atoms with Crippen molar-refractivity contribution in [2.24, 2.45) is 0 Å². The van der Waals surface area contributed by atoms with Crippen molar-refractivity contribution in [1.82, 2.24) is 4.98 Å². The first-order valence-electron chi connectivity index (χ1n) is 10.1. The monoisotopic (exact) mass is 474 g/mol. The zero-order chi connectivity index (χ0) is 22.7. The molecule has 6 rings (SSSR count). The third kappa shape index (κ3) is 3.04. The molecule has 0 spiro atoms. The average Bonchev–Trinajstić information content (AvgIpc) is 3.37. The van der Waals surface area contributed by atoms with E-state index in [2.05, 4.69) is 0 Å². The minimum Gasteiger partial charge on any atom is -0.497 e. The van der Waals surface area contributed by atoms with Crippen LogP contribution in [0.1, 0.15) is 27.7 Å². The van der Waals surface area contributed by atoms with E-state index in [-0.39, 0.29) is 16.8 Å². The lowest BCUT2D eigenvalue weighted by molar-refractivity contribution is 0.0971. The summed E-state index contributed by atoms with van der Waals surface area (Å²) in [6.45, 7) is 0. The molecule has 0 N–H and O–H groups in total. The van der Waals surface area contributed by atoms with Gasteiger partial charge in [-0.15, -0.1) is 0 Å². The van der Waals surface area contributed by atoms with Crippen LogP contribution in [0.4, 0.5) is 5.13 Å². The number of hydrogen-bond donors (Lipinski definition) is 0. The van der Waals surface area contributed by atoms with Gasteiger partial charge in [0.1, 0.15) is 11.3 Å². The molecule has 1 aliphatic rings. The van der Waals surface area contributed by atoms with E-state index in [4.69, 9.17) is 25.7 Å². The number of ether oxygens (including phenoxy) is 1. The third-order valence-electron chi connectivity index (χ3n) is 5.73. The zero-order valence-electron chi connectivity index (χ0n) is 17.2. The summed E-state index contributed by atoms with van der Waals surface area (Å²) in [5.74, 6) is 0.313. The van der Waals surface area contributed by atoms with Gasteiger partial charge in [-0.1, -0.05) is 47.2 Å². The summed E-state index contributed by atoms with van der Waals surface area (Å²) in [5, 5.41) is 1.39. The summed E-state index contributed by atoms with van der Waals surface area (Å²) in [7, 11) is 1.60. The summed E-state index contributed by atoms with van der Waals surface area (Å²) < 4.78 is 12.2. The molecule has 162 valence electrons. The van der Waals surface area contributed by atoms with E-state index < -0.39 is 11.9 Å². The quantitative estimate of drug-likeness (QED) is 0.329. The van der Waals surface area contributed by atoms with E-state index in [9.17, 15) is 9.59 Å². The van der Waals surface area contributed by atoms with Crippen LogP contribution in [0.5, 0.6) is 5.75 Å². The summed E-state index contributed by atoms with van der Waals surface area (Å²) in [5.41, 5.74) is 1.85. The maximum absolute atomic E-state index is 13.7.